The molecule has 1 N–H and O–H groups in total. The van der Waals surface area contributed by atoms with Gasteiger partial charge >= 0.3 is 0 Å². The van der Waals surface area contributed by atoms with Crippen molar-refractivity contribution in [2.75, 3.05) is 25.0 Å². The third-order valence-corrected chi connectivity index (χ3v) is 3.60. The van der Waals surface area contributed by atoms with E-state index in [4.69, 9.17) is 0 Å². The van der Waals surface area contributed by atoms with E-state index < -0.39 is 0 Å². The summed E-state index contributed by atoms with van der Waals surface area (Å²) in [5, 5.41) is 3.04. The van der Waals surface area contributed by atoms with Gasteiger partial charge < -0.3 is 10.2 Å². The first kappa shape index (κ1) is 13.3. The van der Waals surface area contributed by atoms with Gasteiger partial charge in [-0.25, -0.2) is 4.39 Å². The maximum absolute atomic E-state index is 14.1. The van der Waals surface area contributed by atoms with Crippen molar-refractivity contribution >= 4 is 5.69 Å². The smallest absolute Gasteiger partial charge is 0.146 e. The van der Waals surface area contributed by atoms with Gasteiger partial charge in [0.2, 0.25) is 0 Å². The largest absolute Gasteiger partial charge is 0.369 e. The Morgan fingerprint density at radius 3 is 2.50 bits per heavy atom. The number of benzene rings is 1. The molecule has 1 aliphatic heterocycles. The van der Waals surface area contributed by atoms with Gasteiger partial charge in [-0.05, 0) is 43.0 Å². The molecule has 0 radical (unpaired) electrons. The van der Waals surface area contributed by atoms with Crippen LogP contribution >= 0.6 is 0 Å². The van der Waals surface area contributed by atoms with Gasteiger partial charge in [0.25, 0.3) is 0 Å². The second-order valence-electron chi connectivity index (χ2n) is 5.67. The summed E-state index contributed by atoms with van der Waals surface area (Å²) in [6, 6.07) is 5.58. The fraction of sp³-hybridized carbons (Fsp3) is 0.600. The van der Waals surface area contributed by atoms with Crippen molar-refractivity contribution in [3.05, 3.63) is 29.6 Å². The number of nitrogens with zero attached hydrogens (tertiary/aromatic N) is 1. The molecule has 0 bridgehead atoms. The van der Waals surface area contributed by atoms with Gasteiger partial charge in [-0.15, -0.1) is 0 Å². The first-order valence-corrected chi connectivity index (χ1v) is 6.78. The van der Waals surface area contributed by atoms with E-state index in [1.807, 2.05) is 19.2 Å². The SMILES string of the molecule is CNCc1ccc(N2CC(C)CC(C)C2)c(F)c1. The standard InChI is InChI=1S/C15H23FN2/c1-11-6-12(2)10-18(9-11)15-5-4-13(8-17-3)7-14(15)16/h4-5,7,11-12,17H,6,8-10H2,1-3H3. The van der Waals surface area contributed by atoms with Gasteiger partial charge in [0.15, 0.2) is 0 Å². The van der Waals surface area contributed by atoms with Crippen LogP contribution in [0.2, 0.25) is 0 Å². The lowest BCUT2D eigenvalue weighted by Gasteiger charge is -2.36. The number of anilines is 1. The molecule has 2 rings (SSSR count). The van der Waals surface area contributed by atoms with Crippen LogP contribution in [0.1, 0.15) is 25.8 Å². The molecule has 0 aromatic heterocycles. The normalized spacial score (nSPS) is 24.3. The van der Waals surface area contributed by atoms with Crippen LogP contribution in [0.5, 0.6) is 0 Å². The summed E-state index contributed by atoms with van der Waals surface area (Å²) >= 11 is 0. The molecule has 100 valence electrons. The number of nitrogens with one attached hydrogen (secondary N) is 1. The highest BCUT2D eigenvalue weighted by Gasteiger charge is 2.23. The zero-order valence-corrected chi connectivity index (χ0v) is 11.5. The molecule has 1 aliphatic rings. The molecule has 2 nitrogen and oxygen atoms in total. The van der Waals surface area contributed by atoms with E-state index in [0.29, 0.717) is 18.4 Å². The van der Waals surface area contributed by atoms with Gasteiger partial charge in [-0.3, -0.25) is 0 Å². The number of halogens is 1. The molecule has 2 unspecified atom stereocenters. The molecule has 1 saturated heterocycles. The van der Waals surface area contributed by atoms with E-state index >= 15 is 0 Å². The Morgan fingerprint density at radius 1 is 1.28 bits per heavy atom. The highest BCUT2D eigenvalue weighted by atomic mass is 19.1. The van der Waals surface area contributed by atoms with Crippen LogP contribution in [-0.4, -0.2) is 20.1 Å². The van der Waals surface area contributed by atoms with Crippen LogP contribution in [0.15, 0.2) is 18.2 Å². The Bertz CT molecular complexity index is 395. The quantitative estimate of drug-likeness (QED) is 0.887. The Hall–Kier alpha value is -1.09. The lowest BCUT2D eigenvalue weighted by molar-refractivity contribution is 0.354. The molecule has 1 fully saturated rings. The van der Waals surface area contributed by atoms with Gasteiger partial charge in [0.05, 0.1) is 5.69 Å². The van der Waals surface area contributed by atoms with Crippen molar-refractivity contribution < 1.29 is 4.39 Å². The molecule has 1 heterocycles. The Kier molecular flexibility index (Phi) is 4.23. The van der Waals surface area contributed by atoms with Crippen LogP contribution in [0, 0.1) is 17.7 Å². The van der Waals surface area contributed by atoms with Crippen molar-refractivity contribution in [2.45, 2.75) is 26.8 Å². The predicted octanol–water partition coefficient (Wildman–Crippen LogP) is 3.03. The van der Waals surface area contributed by atoms with Gasteiger partial charge in [-0.1, -0.05) is 19.9 Å². The molecule has 0 spiro atoms. The predicted molar refractivity (Wildman–Crippen MR) is 74.3 cm³/mol. The molecule has 0 saturated carbocycles. The van der Waals surface area contributed by atoms with Crippen LogP contribution in [0.4, 0.5) is 10.1 Å². The third kappa shape index (κ3) is 3.02. The monoisotopic (exact) mass is 250 g/mol. The molecule has 1 aromatic carbocycles. The Balaban J connectivity index is 2.17. The minimum Gasteiger partial charge on any atom is -0.369 e. The summed E-state index contributed by atoms with van der Waals surface area (Å²) in [7, 11) is 1.87. The highest BCUT2D eigenvalue weighted by molar-refractivity contribution is 5.49. The van der Waals surface area contributed by atoms with Gasteiger partial charge in [-0.2, -0.15) is 0 Å². The van der Waals surface area contributed by atoms with Crippen LogP contribution in [0.3, 0.4) is 0 Å². The molecule has 0 aliphatic carbocycles. The van der Waals surface area contributed by atoms with E-state index in [1.54, 1.807) is 6.07 Å². The lowest BCUT2D eigenvalue weighted by atomic mass is 9.91. The second-order valence-corrected chi connectivity index (χ2v) is 5.67. The summed E-state index contributed by atoms with van der Waals surface area (Å²) < 4.78 is 14.1. The number of hydrogen-bond acceptors (Lipinski definition) is 2. The zero-order valence-electron chi connectivity index (χ0n) is 11.5. The fourth-order valence-electron chi connectivity index (χ4n) is 2.98. The van der Waals surface area contributed by atoms with Crippen molar-refractivity contribution in [1.82, 2.24) is 5.32 Å². The van der Waals surface area contributed by atoms with Crippen LogP contribution in [0.25, 0.3) is 0 Å². The lowest BCUT2D eigenvalue weighted by Crippen LogP contribution is -2.39. The third-order valence-electron chi connectivity index (χ3n) is 3.60. The first-order chi connectivity index (χ1) is 8.60. The molecule has 2 atom stereocenters. The second kappa shape index (κ2) is 5.70. The van der Waals surface area contributed by atoms with Crippen molar-refractivity contribution in [1.29, 1.82) is 0 Å². The maximum Gasteiger partial charge on any atom is 0.146 e. The summed E-state index contributed by atoms with van der Waals surface area (Å²) in [5.74, 6) is 1.19. The highest BCUT2D eigenvalue weighted by Crippen LogP contribution is 2.28. The molecule has 0 amide bonds. The zero-order chi connectivity index (χ0) is 13.1. The number of piperidine rings is 1. The van der Waals surface area contributed by atoms with E-state index in [2.05, 4.69) is 24.1 Å². The number of rotatable bonds is 3. The first-order valence-electron chi connectivity index (χ1n) is 6.78. The van der Waals surface area contributed by atoms with E-state index in [-0.39, 0.29) is 5.82 Å². The van der Waals surface area contributed by atoms with Crippen LogP contribution < -0.4 is 10.2 Å². The molecular weight excluding hydrogens is 227 g/mol. The minimum absolute atomic E-state index is 0.0935. The van der Waals surface area contributed by atoms with E-state index in [1.165, 1.54) is 6.42 Å². The van der Waals surface area contributed by atoms with Crippen molar-refractivity contribution in [2.24, 2.45) is 11.8 Å². The molecular formula is C15H23FN2. The minimum atomic E-state index is -0.0935. The topological polar surface area (TPSA) is 15.3 Å². The van der Waals surface area contributed by atoms with Crippen molar-refractivity contribution in [3.63, 3.8) is 0 Å². The molecule has 18 heavy (non-hydrogen) atoms. The Labute approximate surface area is 109 Å². The van der Waals surface area contributed by atoms with Crippen molar-refractivity contribution in [3.8, 4) is 0 Å². The Morgan fingerprint density at radius 2 is 1.94 bits per heavy atom. The van der Waals surface area contributed by atoms with E-state index in [9.17, 15) is 4.39 Å². The maximum atomic E-state index is 14.1. The van der Waals surface area contributed by atoms with Gasteiger partial charge in [0.1, 0.15) is 5.82 Å². The summed E-state index contributed by atoms with van der Waals surface area (Å²) in [6.45, 7) is 7.13. The summed E-state index contributed by atoms with van der Waals surface area (Å²) in [6.07, 6.45) is 1.25. The van der Waals surface area contributed by atoms with Gasteiger partial charge in [0, 0.05) is 19.6 Å². The summed E-state index contributed by atoms with van der Waals surface area (Å²) in [5.41, 5.74) is 1.75. The van der Waals surface area contributed by atoms with E-state index in [0.717, 1.165) is 24.3 Å². The molecule has 3 heteroatoms. The average molecular weight is 250 g/mol. The molecule has 1 aromatic rings. The summed E-state index contributed by atoms with van der Waals surface area (Å²) in [4.78, 5) is 2.19. The number of hydrogen-bond donors (Lipinski definition) is 1. The van der Waals surface area contributed by atoms with Crippen LogP contribution in [-0.2, 0) is 6.54 Å². The fourth-order valence-corrected chi connectivity index (χ4v) is 2.98. The average Bonchev–Trinajstić information content (AvgIpc) is 2.28.